The second-order valence-corrected chi connectivity index (χ2v) is 7.42. The van der Waals surface area contributed by atoms with Crippen molar-refractivity contribution in [3.63, 3.8) is 0 Å². The first-order valence-electron chi connectivity index (χ1n) is 10.5. The number of piperazine rings is 1. The number of guanidine groups is 1. The highest BCUT2D eigenvalue weighted by Gasteiger charge is 2.26. The summed E-state index contributed by atoms with van der Waals surface area (Å²) in [6, 6.07) is 3.34. The smallest absolute Gasteiger partial charge is 0.191 e. The molecule has 3 rings (SSSR count). The monoisotopic (exact) mass is 519 g/mol. The molecule has 2 fully saturated rings. The van der Waals surface area contributed by atoms with Gasteiger partial charge in [0.1, 0.15) is 0 Å². The summed E-state index contributed by atoms with van der Waals surface area (Å²) in [7, 11) is 0. The van der Waals surface area contributed by atoms with Gasteiger partial charge in [-0.15, -0.1) is 24.0 Å². The minimum Gasteiger partial charge on any atom is -0.357 e. The molecule has 0 aliphatic carbocycles. The molecule has 0 bridgehead atoms. The molecule has 164 valence electrons. The van der Waals surface area contributed by atoms with Crippen LogP contribution in [0.3, 0.4) is 0 Å². The first kappa shape index (κ1) is 24.1. The van der Waals surface area contributed by atoms with Gasteiger partial charge in [-0.3, -0.25) is 9.89 Å². The second kappa shape index (κ2) is 12.5. The molecule has 0 amide bonds. The van der Waals surface area contributed by atoms with Gasteiger partial charge in [-0.05, 0) is 32.0 Å². The first-order chi connectivity index (χ1) is 13.7. The maximum atomic E-state index is 14.0. The van der Waals surface area contributed by atoms with Crippen molar-refractivity contribution in [1.82, 2.24) is 25.4 Å². The van der Waals surface area contributed by atoms with Crippen LogP contribution in [0.4, 0.5) is 10.2 Å². The van der Waals surface area contributed by atoms with Crippen LogP contribution in [0.2, 0.25) is 0 Å². The number of aromatic nitrogens is 1. The molecule has 0 radical (unpaired) electrons. The highest BCUT2D eigenvalue weighted by Crippen LogP contribution is 2.20. The Kier molecular flexibility index (Phi) is 10.4. The maximum absolute atomic E-state index is 14.0. The van der Waals surface area contributed by atoms with E-state index in [4.69, 9.17) is 4.99 Å². The van der Waals surface area contributed by atoms with Gasteiger partial charge in [-0.25, -0.2) is 9.37 Å². The van der Waals surface area contributed by atoms with Gasteiger partial charge in [0.25, 0.3) is 0 Å². The number of nitrogens with one attached hydrogen (secondary N) is 2. The second-order valence-electron chi connectivity index (χ2n) is 7.42. The zero-order valence-corrected chi connectivity index (χ0v) is 19.9. The fourth-order valence-electron chi connectivity index (χ4n) is 3.83. The van der Waals surface area contributed by atoms with E-state index in [9.17, 15) is 4.39 Å². The lowest BCUT2D eigenvalue weighted by molar-refractivity contribution is 0.140. The van der Waals surface area contributed by atoms with Crippen molar-refractivity contribution in [2.24, 2.45) is 4.99 Å². The van der Waals surface area contributed by atoms with Crippen molar-refractivity contribution in [2.75, 3.05) is 70.3 Å². The number of aliphatic imine (C=N–C) groups is 1. The minimum absolute atomic E-state index is 0. The third-order valence-corrected chi connectivity index (χ3v) is 5.51. The van der Waals surface area contributed by atoms with E-state index in [2.05, 4.69) is 39.3 Å². The summed E-state index contributed by atoms with van der Waals surface area (Å²) >= 11 is 0. The summed E-state index contributed by atoms with van der Waals surface area (Å²) in [6.45, 7) is 14.1. The molecule has 3 heterocycles. The quantitative estimate of drug-likeness (QED) is 0.325. The Hall–Kier alpha value is -1.20. The van der Waals surface area contributed by atoms with Crippen LogP contribution in [0.15, 0.2) is 23.3 Å². The number of halogens is 2. The van der Waals surface area contributed by atoms with Gasteiger partial charge in [-0.2, -0.15) is 0 Å². The average Bonchev–Trinajstić information content (AvgIpc) is 3.17. The lowest BCUT2D eigenvalue weighted by Crippen LogP contribution is -2.47. The summed E-state index contributed by atoms with van der Waals surface area (Å²) < 4.78 is 14.0. The molecular formula is C20H35FIN7. The number of hydrogen-bond donors (Lipinski definition) is 2. The van der Waals surface area contributed by atoms with Gasteiger partial charge in [0, 0.05) is 64.6 Å². The van der Waals surface area contributed by atoms with E-state index in [0.717, 1.165) is 77.8 Å². The van der Waals surface area contributed by atoms with Crippen molar-refractivity contribution in [3.8, 4) is 0 Å². The number of anilines is 1. The lowest BCUT2D eigenvalue weighted by Gasteiger charge is -2.33. The van der Waals surface area contributed by atoms with Crippen LogP contribution in [-0.2, 0) is 0 Å². The predicted molar refractivity (Wildman–Crippen MR) is 128 cm³/mol. The Morgan fingerprint density at radius 2 is 1.97 bits per heavy atom. The summed E-state index contributed by atoms with van der Waals surface area (Å²) in [5.74, 6) is 1.04. The summed E-state index contributed by atoms with van der Waals surface area (Å²) in [5, 5.41) is 6.84. The topological polar surface area (TPSA) is 59.0 Å². The van der Waals surface area contributed by atoms with Crippen LogP contribution in [0, 0.1) is 5.82 Å². The maximum Gasteiger partial charge on any atom is 0.191 e. The predicted octanol–water partition coefficient (Wildman–Crippen LogP) is 1.61. The first-order valence-corrected chi connectivity index (χ1v) is 10.5. The van der Waals surface area contributed by atoms with Crippen LogP contribution in [0.5, 0.6) is 0 Å². The van der Waals surface area contributed by atoms with Crippen LogP contribution in [-0.4, -0.2) is 92.2 Å². The van der Waals surface area contributed by atoms with Crippen molar-refractivity contribution >= 4 is 35.8 Å². The molecule has 0 saturated carbocycles. The largest absolute Gasteiger partial charge is 0.357 e. The van der Waals surface area contributed by atoms with E-state index in [-0.39, 0.29) is 35.8 Å². The van der Waals surface area contributed by atoms with Gasteiger partial charge in [0.05, 0.1) is 6.54 Å². The molecular weight excluding hydrogens is 484 g/mol. The third kappa shape index (κ3) is 7.21. The molecule has 1 atom stereocenters. The number of hydrogen-bond acceptors (Lipinski definition) is 5. The molecule has 9 heteroatoms. The van der Waals surface area contributed by atoms with Crippen LogP contribution in [0.25, 0.3) is 0 Å². The molecule has 1 unspecified atom stereocenters. The lowest BCUT2D eigenvalue weighted by atomic mass is 10.3. The summed E-state index contributed by atoms with van der Waals surface area (Å²) in [6.07, 6.45) is 2.59. The standard InChI is InChI=1S/C20H34FN7.HI/c1-3-22-20(24-9-11-27-14-12-26(4-2)13-15-27)25-17-7-10-28(16-17)19-18(21)6-5-8-23-19;/h5-6,8,17H,3-4,7,9-16H2,1-2H3,(H2,22,24,25);1H. The summed E-state index contributed by atoms with van der Waals surface area (Å²) in [4.78, 5) is 15.9. The number of nitrogens with zero attached hydrogens (tertiary/aromatic N) is 5. The van der Waals surface area contributed by atoms with E-state index in [0.29, 0.717) is 5.82 Å². The molecule has 7 nitrogen and oxygen atoms in total. The Balaban J connectivity index is 0.00000300. The molecule has 29 heavy (non-hydrogen) atoms. The van der Waals surface area contributed by atoms with E-state index >= 15 is 0 Å². The molecule has 0 aromatic carbocycles. The zero-order chi connectivity index (χ0) is 19.8. The molecule has 2 N–H and O–H groups in total. The van der Waals surface area contributed by atoms with Gasteiger partial charge in [-0.1, -0.05) is 6.92 Å². The van der Waals surface area contributed by atoms with Crippen molar-refractivity contribution < 1.29 is 4.39 Å². The SMILES string of the molecule is CCNC(=NCCN1CCN(CC)CC1)NC1CCN(c2ncccc2F)C1.I. The third-order valence-electron chi connectivity index (χ3n) is 5.51. The number of rotatable bonds is 7. The zero-order valence-electron chi connectivity index (χ0n) is 17.6. The molecule has 2 saturated heterocycles. The van der Waals surface area contributed by atoms with Gasteiger partial charge in [0.2, 0.25) is 0 Å². The van der Waals surface area contributed by atoms with E-state index in [1.54, 1.807) is 12.3 Å². The van der Waals surface area contributed by atoms with Crippen molar-refractivity contribution in [1.29, 1.82) is 0 Å². The Bertz CT molecular complexity index is 637. The minimum atomic E-state index is -0.258. The highest BCUT2D eigenvalue weighted by atomic mass is 127. The molecule has 0 spiro atoms. The molecule has 2 aliphatic heterocycles. The Morgan fingerprint density at radius 1 is 1.21 bits per heavy atom. The fraction of sp³-hybridized carbons (Fsp3) is 0.700. The van der Waals surface area contributed by atoms with E-state index in [1.165, 1.54) is 6.07 Å². The van der Waals surface area contributed by atoms with Crippen LogP contribution < -0.4 is 15.5 Å². The Labute approximate surface area is 191 Å². The normalized spacial score (nSPS) is 21.1. The van der Waals surface area contributed by atoms with Crippen molar-refractivity contribution in [2.45, 2.75) is 26.3 Å². The highest BCUT2D eigenvalue weighted by molar-refractivity contribution is 14.0. The van der Waals surface area contributed by atoms with Crippen molar-refractivity contribution in [3.05, 3.63) is 24.1 Å². The number of likely N-dealkylation sites (N-methyl/N-ethyl adjacent to an activating group) is 1. The fourth-order valence-corrected chi connectivity index (χ4v) is 3.83. The van der Waals surface area contributed by atoms with Crippen LogP contribution >= 0.6 is 24.0 Å². The van der Waals surface area contributed by atoms with Crippen LogP contribution in [0.1, 0.15) is 20.3 Å². The van der Waals surface area contributed by atoms with E-state index < -0.39 is 0 Å². The van der Waals surface area contributed by atoms with E-state index in [1.807, 2.05) is 4.90 Å². The average molecular weight is 519 g/mol. The summed E-state index contributed by atoms with van der Waals surface area (Å²) in [5.41, 5.74) is 0. The number of pyridine rings is 1. The van der Waals surface area contributed by atoms with Gasteiger partial charge < -0.3 is 20.4 Å². The Morgan fingerprint density at radius 3 is 2.66 bits per heavy atom. The van der Waals surface area contributed by atoms with Gasteiger partial charge >= 0.3 is 0 Å². The van der Waals surface area contributed by atoms with Gasteiger partial charge in [0.15, 0.2) is 17.6 Å². The molecule has 1 aromatic rings. The molecule has 1 aromatic heterocycles. The molecule has 2 aliphatic rings.